The van der Waals surface area contributed by atoms with Crippen molar-refractivity contribution in [2.45, 2.75) is 4.90 Å². The molecule has 0 amide bonds. The van der Waals surface area contributed by atoms with Crippen molar-refractivity contribution in [2.75, 3.05) is 13.2 Å². The summed E-state index contributed by atoms with van der Waals surface area (Å²) in [7, 11) is -3.84. The van der Waals surface area contributed by atoms with Gasteiger partial charge in [0.1, 0.15) is 5.71 Å². The van der Waals surface area contributed by atoms with Crippen molar-refractivity contribution in [1.29, 1.82) is 0 Å². The number of fused-ring (bicyclic) bond motifs is 2. The molecular weight excluding hydrogens is 370 g/mol. The molecule has 0 spiro atoms. The van der Waals surface area contributed by atoms with Gasteiger partial charge in [-0.25, -0.2) is 18.1 Å². The predicted octanol–water partition coefficient (Wildman–Crippen LogP) is 1.46. The molecule has 138 valence electrons. The van der Waals surface area contributed by atoms with E-state index in [-0.39, 0.29) is 41.0 Å². The van der Waals surface area contributed by atoms with Crippen molar-refractivity contribution >= 4 is 38.1 Å². The highest BCUT2D eigenvalue weighted by molar-refractivity contribution is 7.89. The van der Waals surface area contributed by atoms with Gasteiger partial charge in [0.2, 0.25) is 15.8 Å². The summed E-state index contributed by atoms with van der Waals surface area (Å²) in [6.45, 7) is -0.451. The number of nitrogens with one attached hydrogen (secondary N) is 2. The van der Waals surface area contributed by atoms with E-state index in [2.05, 4.69) is 14.7 Å². The summed E-state index contributed by atoms with van der Waals surface area (Å²) in [5, 5.41) is 19.5. The molecule has 1 aliphatic heterocycles. The average Bonchev–Trinajstić information content (AvgIpc) is 3.15. The van der Waals surface area contributed by atoms with Crippen molar-refractivity contribution in [3.05, 3.63) is 53.6 Å². The molecular formula is C18H15N3O5S. The normalized spacial score (nSPS) is 13.8. The Morgan fingerprint density at radius 3 is 2.67 bits per heavy atom. The van der Waals surface area contributed by atoms with E-state index in [1.165, 1.54) is 18.2 Å². The van der Waals surface area contributed by atoms with Crippen LogP contribution in [0.2, 0.25) is 0 Å². The molecule has 9 heteroatoms. The minimum Gasteiger partial charge on any atom is -0.494 e. The van der Waals surface area contributed by atoms with E-state index < -0.39 is 10.0 Å². The second-order valence-electron chi connectivity index (χ2n) is 5.98. The lowest BCUT2D eigenvalue weighted by Crippen LogP contribution is -2.26. The van der Waals surface area contributed by atoms with Gasteiger partial charge in [-0.05, 0) is 30.3 Å². The van der Waals surface area contributed by atoms with E-state index in [0.29, 0.717) is 22.2 Å². The zero-order valence-electron chi connectivity index (χ0n) is 13.9. The van der Waals surface area contributed by atoms with Crippen LogP contribution in [-0.4, -0.2) is 48.3 Å². The Morgan fingerprint density at radius 2 is 1.93 bits per heavy atom. The number of nitrogens with zero attached hydrogens (tertiary/aromatic N) is 1. The summed E-state index contributed by atoms with van der Waals surface area (Å²) in [6.07, 6.45) is 0. The highest BCUT2D eigenvalue weighted by Gasteiger charge is 2.30. The summed E-state index contributed by atoms with van der Waals surface area (Å²) in [5.74, 6) is -0.601. The van der Waals surface area contributed by atoms with Crippen LogP contribution < -0.4 is 4.72 Å². The number of Topliss-reactive ketones (excluding diaryl/α,β-unsaturated/α-hetero) is 1. The number of para-hydroxylation sites is 1. The van der Waals surface area contributed by atoms with E-state index in [9.17, 15) is 18.3 Å². The van der Waals surface area contributed by atoms with Crippen LogP contribution in [0, 0.1) is 0 Å². The number of aromatic hydroxyl groups is 1. The fourth-order valence-electron chi connectivity index (χ4n) is 3.06. The molecule has 0 fully saturated rings. The Hall–Kier alpha value is -3.01. The first-order valence-electron chi connectivity index (χ1n) is 8.10. The maximum absolute atomic E-state index is 12.7. The molecule has 8 nitrogen and oxygen atoms in total. The molecule has 0 bridgehead atoms. The van der Waals surface area contributed by atoms with E-state index in [1.807, 2.05) is 0 Å². The Kier molecular flexibility index (Phi) is 4.06. The van der Waals surface area contributed by atoms with Crippen molar-refractivity contribution in [1.82, 2.24) is 9.71 Å². The highest BCUT2D eigenvalue weighted by Crippen LogP contribution is 2.35. The van der Waals surface area contributed by atoms with Gasteiger partial charge in [0.25, 0.3) is 0 Å². The Labute approximate surface area is 154 Å². The largest absolute Gasteiger partial charge is 0.494 e. The van der Waals surface area contributed by atoms with E-state index in [0.717, 1.165) is 0 Å². The first-order valence-corrected chi connectivity index (χ1v) is 9.58. The monoisotopic (exact) mass is 385 g/mol. The fourth-order valence-corrected chi connectivity index (χ4v) is 4.11. The first kappa shape index (κ1) is 17.4. The molecule has 0 saturated carbocycles. The minimum absolute atomic E-state index is 0.0488. The summed E-state index contributed by atoms with van der Waals surface area (Å²) in [5.41, 5.74) is 1.60. The second kappa shape index (κ2) is 6.31. The zero-order valence-corrected chi connectivity index (χ0v) is 14.7. The smallest absolute Gasteiger partial charge is 0.240 e. The minimum atomic E-state index is -3.84. The summed E-state index contributed by atoms with van der Waals surface area (Å²) in [4.78, 5) is 19.7. The lowest BCUT2D eigenvalue weighted by molar-refractivity contribution is 0.107. The Balaban J connectivity index is 1.87. The fraction of sp³-hybridized carbons (Fsp3) is 0.111. The number of aliphatic hydroxyl groups is 1. The maximum Gasteiger partial charge on any atom is 0.240 e. The van der Waals surface area contributed by atoms with Crippen LogP contribution in [-0.2, 0) is 10.0 Å². The number of aliphatic hydroxyl groups excluding tert-OH is 1. The summed E-state index contributed by atoms with van der Waals surface area (Å²) < 4.78 is 26.9. The number of sulfonamides is 1. The quantitative estimate of drug-likeness (QED) is 0.528. The number of ketones is 1. The number of aliphatic imine (C=N–C) groups is 1. The van der Waals surface area contributed by atoms with Gasteiger partial charge in [-0.1, -0.05) is 12.1 Å². The number of aromatic nitrogens is 1. The standard InChI is InChI=1S/C18H15N3O5S/c22-8-7-19-27(25,26)10-5-6-14-12(9-10)15(18(24)21-14)16-17(23)11-3-1-2-4-13(11)20-16/h1-6,9,19,21-22,24H,7-8H2. The Morgan fingerprint density at radius 1 is 1.15 bits per heavy atom. The van der Waals surface area contributed by atoms with Gasteiger partial charge in [0, 0.05) is 23.0 Å². The van der Waals surface area contributed by atoms with E-state index in [4.69, 9.17) is 5.11 Å². The molecule has 27 heavy (non-hydrogen) atoms. The number of H-pyrrole nitrogens is 1. The third-order valence-electron chi connectivity index (χ3n) is 4.30. The van der Waals surface area contributed by atoms with E-state index in [1.54, 1.807) is 24.3 Å². The molecule has 1 aromatic heterocycles. The van der Waals surface area contributed by atoms with Crippen LogP contribution in [0.3, 0.4) is 0 Å². The van der Waals surface area contributed by atoms with Crippen LogP contribution in [0.1, 0.15) is 15.9 Å². The number of hydrogen-bond acceptors (Lipinski definition) is 6. The van der Waals surface area contributed by atoms with Gasteiger partial charge in [0.05, 0.1) is 22.8 Å². The van der Waals surface area contributed by atoms with Crippen LogP contribution in [0.5, 0.6) is 5.88 Å². The van der Waals surface area contributed by atoms with Gasteiger partial charge >= 0.3 is 0 Å². The summed E-state index contributed by atoms with van der Waals surface area (Å²) in [6, 6.07) is 11.1. The van der Waals surface area contributed by atoms with Gasteiger partial charge < -0.3 is 15.2 Å². The lowest BCUT2D eigenvalue weighted by Gasteiger charge is -2.06. The second-order valence-corrected chi connectivity index (χ2v) is 7.75. The molecule has 0 radical (unpaired) electrons. The van der Waals surface area contributed by atoms with Gasteiger partial charge in [-0.2, -0.15) is 0 Å². The van der Waals surface area contributed by atoms with Gasteiger partial charge in [0.15, 0.2) is 5.88 Å². The zero-order chi connectivity index (χ0) is 19.2. The van der Waals surface area contributed by atoms with Crippen molar-refractivity contribution in [2.24, 2.45) is 4.99 Å². The third kappa shape index (κ3) is 2.81. The third-order valence-corrected chi connectivity index (χ3v) is 5.76. The highest BCUT2D eigenvalue weighted by atomic mass is 32.2. The topological polar surface area (TPSA) is 132 Å². The average molecular weight is 385 g/mol. The number of benzene rings is 2. The first-order chi connectivity index (χ1) is 12.9. The van der Waals surface area contributed by atoms with E-state index >= 15 is 0 Å². The molecule has 2 heterocycles. The number of carbonyl (C=O) groups is 1. The van der Waals surface area contributed by atoms with Crippen molar-refractivity contribution in [3.8, 4) is 5.88 Å². The van der Waals surface area contributed by atoms with Gasteiger partial charge in [-0.15, -0.1) is 0 Å². The lowest BCUT2D eigenvalue weighted by atomic mass is 10.0. The maximum atomic E-state index is 12.7. The number of rotatable bonds is 5. The van der Waals surface area contributed by atoms with Crippen LogP contribution >= 0.6 is 0 Å². The van der Waals surface area contributed by atoms with Crippen LogP contribution in [0.15, 0.2) is 52.4 Å². The van der Waals surface area contributed by atoms with Gasteiger partial charge in [-0.3, -0.25) is 4.79 Å². The summed E-state index contributed by atoms with van der Waals surface area (Å²) >= 11 is 0. The number of carbonyl (C=O) groups excluding carboxylic acids is 1. The molecule has 0 saturated heterocycles. The number of aromatic amines is 1. The molecule has 0 unspecified atom stereocenters. The SMILES string of the molecule is O=C1C(c2c(O)[nH]c3ccc(S(=O)(=O)NCCO)cc23)=Nc2ccccc21. The number of hydrogen-bond donors (Lipinski definition) is 4. The van der Waals surface area contributed by atoms with Crippen LogP contribution in [0.25, 0.3) is 10.9 Å². The molecule has 0 atom stereocenters. The molecule has 4 rings (SSSR count). The Bertz CT molecular complexity index is 1210. The molecule has 1 aliphatic rings. The molecule has 2 aromatic carbocycles. The van der Waals surface area contributed by atoms with Crippen molar-refractivity contribution < 1.29 is 23.4 Å². The van der Waals surface area contributed by atoms with Crippen LogP contribution in [0.4, 0.5) is 5.69 Å². The molecule has 4 N–H and O–H groups in total. The molecule has 3 aromatic rings. The predicted molar refractivity (Wildman–Crippen MR) is 99.2 cm³/mol. The van der Waals surface area contributed by atoms with Crippen molar-refractivity contribution in [3.63, 3.8) is 0 Å². The molecule has 0 aliphatic carbocycles.